The highest BCUT2D eigenvalue weighted by Crippen LogP contribution is 2.19. The number of para-hydroxylation sites is 1. The van der Waals surface area contributed by atoms with Gasteiger partial charge in [-0.2, -0.15) is 0 Å². The molecule has 1 aliphatic heterocycles. The minimum absolute atomic E-state index is 0.221. The van der Waals surface area contributed by atoms with Gasteiger partial charge in [-0.25, -0.2) is 0 Å². The van der Waals surface area contributed by atoms with Gasteiger partial charge in [-0.05, 0) is 6.92 Å². The molecular formula is C12H17N3O2. The number of nitrogens with one attached hydrogen (secondary N) is 1. The largest absolute Gasteiger partial charge is 0.312 e. The van der Waals surface area contributed by atoms with E-state index in [4.69, 9.17) is 0 Å². The van der Waals surface area contributed by atoms with Crippen molar-refractivity contribution in [1.29, 1.82) is 0 Å². The number of hydrogen-bond acceptors (Lipinski definition) is 4. The van der Waals surface area contributed by atoms with Crippen molar-refractivity contribution in [3.05, 3.63) is 39.9 Å². The smallest absolute Gasteiger partial charge is 0.273 e. The van der Waals surface area contributed by atoms with Gasteiger partial charge in [-0.1, -0.05) is 18.2 Å². The molecular weight excluding hydrogens is 218 g/mol. The molecule has 0 bridgehead atoms. The number of benzene rings is 1. The molecule has 17 heavy (non-hydrogen) atoms. The third-order valence-corrected chi connectivity index (χ3v) is 3.04. The maximum absolute atomic E-state index is 10.9. The quantitative estimate of drug-likeness (QED) is 0.635. The third kappa shape index (κ3) is 3.01. The third-order valence-electron chi connectivity index (χ3n) is 3.04. The molecule has 0 spiro atoms. The van der Waals surface area contributed by atoms with Gasteiger partial charge in [0.2, 0.25) is 0 Å². The molecule has 1 aromatic rings. The average Bonchev–Trinajstić information content (AvgIpc) is 2.29. The van der Waals surface area contributed by atoms with Crippen LogP contribution in [0.1, 0.15) is 12.5 Å². The molecule has 0 amide bonds. The minimum Gasteiger partial charge on any atom is -0.312 e. The van der Waals surface area contributed by atoms with Crippen LogP contribution in [0, 0.1) is 10.1 Å². The lowest BCUT2D eigenvalue weighted by Gasteiger charge is -2.31. The van der Waals surface area contributed by atoms with Crippen LogP contribution in [-0.2, 0) is 6.54 Å². The molecule has 1 fully saturated rings. The summed E-state index contributed by atoms with van der Waals surface area (Å²) in [7, 11) is 0. The van der Waals surface area contributed by atoms with Crippen molar-refractivity contribution in [2.45, 2.75) is 19.5 Å². The fourth-order valence-electron chi connectivity index (χ4n) is 2.22. The van der Waals surface area contributed by atoms with Crippen molar-refractivity contribution in [2.24, 2.45) is 0 Å². The average molecular weight is 235 g/mol. The second-order valence-electron chi connectivity index (χ2n) is 4.48. The second-order valence-corrected chi connectivity index (χ2v) is 4.48. The van der Waals surface area contributed by atoms with E-state index in [1.807, 2.05) is 12.1 Å². The first-order valence-corrected chi connectivity index (χ1v) is 5.85. The Morgan fingerprint density at radius 1 is 1.53 bits per heavy atom. The van der Waals surface area contributed by atoms with Crippen LogP contribution in [-0.4, -0.2) is 35.5 Å². The monoisotopic (exact) mass is 235 g/mol. The van der Waals surface area contributed by atoms with Crippen LogP contribution in [0.15, 0.2) is 24.3 Å². The van der Waals surface area contributed by atoms with Gasteiger partial charge in [0.05, 0.1) is 4.92 Å². The Labute approximate surface area is 101 Å². The molecule has 1 heterocycles. The van der Waals surface area contributed by atoms with Crippen LogP contribution in [0.3, 0.4) is 0 Å². The van der Waals surface area contributed by atoms with Crippen LogP contribution in [0.5, 0.6) is 0 Å². The maximum atomic E-state index is 10.9. The molecule has 0 radical (unpaired) electrons. The van der Waals surface area contributed by atoms with E-state index in [1.54, 1.807) is 12.1 Å². The summed E-state index contributed by atoms with van der Waals surface area (Å²) in [6.07, 6.45) is 0. The first-order valence-electron chi connectivity index (χ1n) is 5.85. The Morgan fingerprint density at radius 3 is 3.00 bits per heavy atom. The Bertz CT molecular complexity index is 408. The fraction of sp³-hybridized carbons (Fsp3) is 0.500. The van der Waals surface area contributed by atoms with Crippen molar-refractivity contribution in [2.75, 3.05) is 19.6 Å². The van der Waals surface area contributed by atoms with Crippen LogP contribution in [0.2, 0.25) is 0 Å². The molecule has 1 N–H and O–H groups in total. The molecule has 1 saturated heterocycles. The molecule has 0 aromatic heterocycles. The molecule has 1 aromatic carbocycles. The van der Waals surface area contributed by atoms with Crippen LogP contribution >= 0.6 is 0 Å². The molecule has 1 aliphatic rings. The first-order chi connectivity index (χ1) is 8.16. The summed E-state index contributed by atoms with van der Waals surface area (Å²) >= 11 is 0. The van der Waals surface area contributed by atoms with Crippen molar-refractivity contribution < 1.29 is 4.92 Å². The van der Waals surface area contributed by atoms with Crippen molar-refractivity contribution in [3.63, 3.8) is 0 Å². The summed E-state index contributed by atoms with van der Waals surface area (Å²) in [5, 5.41) is 14.3. The Morgan fingerprint density at radius 2 is 2.29 bits per heavy atom. The van der Waals surface area contributed by atoms with E-state index in [0.29, 0.717) is 12.6 Å². The van der Waals surface area contributed by atoms with E-state index in [2.05, 4.69) is 17.1 Å². The fourth-order valence-corrected chi connectivity index (χ4v) is 2.22. The lowest BCUT2D eigenvalue weighted by molar-refractivity contribution is -0.385. The highest BCUT2D eigenvalue weighted by Gasteiger charge is 2.19. The second kappa shape index (κ2) is 5.25. The molecule has 92 valence electrons. The van der Waals surface area contributed by atoms with E-state index >= 15 is 0 Å². The number of piperazine rings is 1. The maximum Gasteiger partial charge on any atom is 0.273 e. The topological polar surface area (TPSA) is 58.4 Å². The standard InChI is InChI=1S/C12H17N3O2/c1-10-8-14(7-6-13-10)9-11-4-2-3-5-12(11)15(16)17/h2-5,10,13H,6-9H2,1H3/t10-/m0/s1. The van der Waals surface area contributed by atoms with Crippen molar-refractivity contribution in [3.8, 4) is 0 Å². The van der Waals surface area contributed by atoms with E-state index in [0.717, 1.165) is 25.2 Å². The van der Waals surface area contributed by atoms with Gasteiger partial charge in [0.25, 0.3) is 5.69 Å². The molecule has 2 rings (SSSR count). The zero-order valence-corrected chi connectivity index (χ0v) is 9.93. The number of rotatable bonds is 3. The predicted molar refractivity (Wildman–Crippen MR) is 65.8 cm³/mol. The summed E-state index contributed by atoms with van der Waals surface area (Å²) in [5.41, 5.74) is 1.02. The van der Waals surface area contributed by atoms with E-state index in [-0.39, 0.29) is 10.6 Å². The first kappa shape index (κ1) is 12.0. The summed E-state index contributed by atoms with van der Waals surface area (Å²) in [6.45, 7) is 5.61. The number of hydrogen-bond donors (Lipinski definition) is 1. The molecule has 0 saturated carbocycles. The van der Waals surface area contributed by atoms with Gasteiger partial charge in [0.1, 0.15) is 0 Å². The molecule has 5 nitrogen and oxygen atoms in total. The lowest BCUT2D eigenvalue weighted by Crippen LogP contribution is -2.48. The minimum atomic E-state index is -0.305. The van der Waals surface area contributed by atoms with Gasteiger partial charge >= 0.3 is 0 Å². The number of nitrogens with zero attached hydrogens (tertiary/aromatic N) is 2. The van der Waals surface area contributed by atoms with Crippen LogP contribution in [0.25, 0.3) is 0 Å². The van der Waals surface area contributed by atoms with Crippen LogP contribution in [0.4, 0.5) is 5.69 Å². The van der Waals surface area contributed by atoms with Crippen molar-refractivity contribution in [1.82, 2.24) is 10.2 Å². The Balaban J connectivity index is 2.10. The summed E-state index contributed by atoms with van der Waals surface area (Å²) in [5.74, 6) is 0. The van der Waals surface area contributed by atoms with Gasteiger partial charge in [-0.15, -0.1) is 0 Å². The van der Waals surface area contributed by atoms with Gasteiger partial charge in [-0.3, -0.25) is 15.0 Å². The zero-order valence-electron chi connectivity index (χ0n) is 9.93. The van der Waals surface area contributed by atoms with E-state index in [1.165, 1.54) is 0 Å². The molecule has 5 heteroatoms. The Kier molecular flexibility index (Phi) is 3.71. The summed E-state index contributed by atoms with van der Waals surface area (Å²) in [6, 6.07) is 7.42. The van der Waals surface area contributed by atoms with Gasteiger partial charge in [0.15, 0.2) is 0 Å². The summed E-state index contributed by atoms with van der Waals surface area (Å²) in [4.78, 5) is 12.9. The molecule has 0 unspecified atom stereocenters. The lowest BCUT2D eigenvalue weighted by atomic mass is 10.1. The molecule has 1 atom stereocenters. The highest BCUT2D eigenvalue weighted by atomic mass is 16.6. The number of nitro groups is 1. The van der Waals surface area contributed by atoms with E-state index in [9.17, 15) is 10.1 Å². The zero-order chi connectivity index (χ0) is 12.3. The van der Waals surface area contributed by atoms with Crippen LogP contribution < -0.4 is 5.32 Å². The molecule has 0 aliphatic carbocycles. The Hall–Kier alpha value is -1.46. The normalized spacial score (nSPS) is 21.4. The van der Waals surface area contributed by atoms with E-state index < -0.39 is 0 Å². The van der Waals surface area contributed by atoms with Gasteiger partial charge in [0, 0.05) is 43.9 Å². The summed E-state index contributed by atoms with van der Waals surface area (Å²) < 4.78 is 0. The van der Waals surface area contributed by atoms with Crippen molar-refractivity contribution >= 4 is 5.69 Å². The highest BCUT2D eigenvalue weighted by molar-refractivity contribution is 5.39. The van der Waals surface area contributed by atoms with Gasteiger partial charge < -0.3 is 5.32 Å². The SMILES string of the molecule is C[C@H]1CN(Cc2ccccc2[N+](=O)[O-])CCN1. The number of nitro benzene ring substituents is 1. The predicted octanol–water partition coefficient (Wildman–Crippen LogP) is 1.39.